The first-order chi connectivity index (χ1) is 9.69. The van der Waals surface area contributed by atoms with E-state index < -0.39 is 0 Å². The first-order valence-corrected chi connectivity index (χ1v) is 8.31. The fourth-order valence-electron chi connectivity index (χ4n) is 3.36. The average Bonchev–Trinajstić information content (AvgIpc) is 2.96. The van der Waals surface area contributed by atoms with Crippen LogP contribution in [-0.4, -0.2) is 15.4 Å². The summed E-state index contributed by atoms with van der Waals surface area (Å²) in [5, 5.41) is 0.744. The van der Waals surface area contributed by atoms with Gasteiger partial charge in [-0.1, -0.05) is 31.4 Å². The maximum atomic E-state index is 6.08. The normalized spacial score (nSPS) is 22.8. The molecule has 2 unspecified atom stereocenters. The number of halogens is 2. The predicted molar refractivity (Wildman–Crippen MR) is 85.7 cm³/mol. The molecule has 1 aromatic heterocycles. The van der Waals surface area contributed by atoms with Crippen molar-refractivity contribution in [3.8, 4) is 0 Å². The van der Waals surface area contributed by atoms with Gasteiger partial charge in [-0.05, 0) is 36.5 Å². The molecule has 0 N–H and O–H groups in total. The third-order valence-electron chi connectivity index (χ3n) is 4.56. The summed E-state index contributed by atoms with van der Waals surface area (Å²) in [5.41, 5.74) is 2.18. The van der Waals surface area contributed by atoms with Crippen LogP contribution in [0.15, 0.2) is 18.2 Å². The van der Waals surface area contributed by atoms with Gasteiger partial charge < -0.3 is 4.57 Å². The lowest BCUT2D eigenvalue weighted by Crippen LogP contribution is -2.15. The van der Waals surface area contributed by atoms with Crippen molar-refractivity contribution < 1.29 is 0 Å². The van der Waals surface area contributed by atoms with Crippen molar-refractivity contribution in [3.63, 3.8) is 0 Å². The zero-order chi connectivity index (χ0) is 14.1. The third kappa shape index (κ3) is 2.68. The molecule has 2 nitrogen and oxygen atoms in total. The second-order valence-electron chi connectivity index (χ2n) is 5.88. The van der Waals surface area contributed by atoms with Crippen LogP contribution in [-0.2, 0) is 13.0 Å². The van der Waals surface area contributed by atoms with Crippen LogP contribution < -0.4 is 0 Å². The topological polar surface area (TPSA) is 17.8 Å². The van der Waals surface area contributed by atoms with Gasteiger partial charge in [0.1, 0.15) is 5.82 Å². The Balaban J connectivity index is 1.99. The molecule has 0 spiro atoms. The zero-order valence-corrected chi connectivity index (χ0v) is 13.3. The average molecular weight is 311 g/mol. The van der Waals surface area contributed by atoms with E-state index in [1.54, 1.807) is 0 Å². The molecule has 4 heteroatoms. The fourth-order valence-corrected chi connectivity index (χ4v) is 3.70. The van der Waals surface area contributed by atoms with E-state index in [0.717, 1.165) is 41.2 Å². The van der Waals surface area contributed by atoms with E-state index >= 15 is 0 Å². The van der Waals surface area contributed by atoms with E-state index in [1.165, 1.54) is 24.8 Å². The SMILES string of the molecule is CC1CCCC1Cn1c(CCCl)nc2cc(Cl)ccc21. The molecule has 1 saturated carbocycles. The van der Waals surface area contributed by atoms with Gasteiger partial charge in [0, 0.05) is 23.9 Å². The molecular weight excluding hydrogens is 291 g/mol. The van der Waals surface area contributed by atoms with Crippen LogP contribution in [0, 0.1) is 11.8 Å². The summed E-state index contributed by atoms with van der Waals surface area (Å²) in [7, 11) is 0. The second kappa shape index (κ2) is 5.95. The summed E-state index contributed by atoms with van der Waals surface area (Å²) in [4.78, 5) is 4.72. The predicted octanol–water partition coefficient (Wildman–Crippen LogP) is 4.91. The minimum absolute atomic E-state index is 0.608. The largest absolute Gasteiger partial charge is 0.328 e. The van der Waals surface area contributed by atoms with Crippen LogP contribution >= 0.6 is 23.2 Å². The molecule has 1 aromatic carbocycles. The fraction of sp³-hybridized carbons (Fsp3) is 0.562. The van der Waals surface area contributed by atoms with Gasteiger partial charge in [-0.25, -0.2) is 4.98 Å². The van der Waals surface area contributed by atoms with Gasteiger partial charge in [-0.2, -0.15) is 0 Å². The van der Waals surface area contributed by atoms with E-state index in [9.17, 15) is 0 Å². The number of rotatable bonds is 4. The minimum Gasteiger partial charge on any atom is -0.328 e. The van der Waals surface area contributed by atoms with Crippen LogP contribution in [0.1, 0.15) is 32.0 Å². The van der Waals surface area contributed by atoms with Gasteiger partial charge in [-0.15, -0.1) is 11.6 Å². The maximum Gasteiger partial charge on any atom is 0.111 e. The number of imidazole rings is 1. The summed E-state index contributed by atoms with van der Waals surface area (Å²) >= 11 is 12.0. The van der Waals surface area contributed by atoms with Gasteiger partial charge in [0.15, 0.2) is 0 Å². The Labute approximate surface area is 130 Å². The summed E-state index contributed by atoms with van der Waals surface area (Å²) in [6.45, 7) is 3.43. The molecule has 3 rings (SSSR count). The molecule has 1 aliphatic carbocycles. The van der Waals surface area contributed by atoms with E-state index in [0.29, 0.717) is 5.88 Å². The Morgan fingerprint density at radius 1 is 1.35 bits per heavy atom. The quantitative estimate of drug-likeness (QED) is 0.734. The molecular formula is C16H20Cl2N2. The number of alkyl halides is 1. The minimum atomic E-state index is 0.608. The van der Waals surface area contributed by atoms with Crippen molar-refractivity contribution in [2.75, 3.05) is 5.88 Å². The second-order valence-corrected chi connectivity index (χ2v) is 6.69. The van der Waals surface area contributed by atoms with Crippen molar-refractivity contribution in [1.82, 2.24) is 9.55 Å². The van der Waals surface area contributed by atoms with Crippen LogP contribution in [0.3, 0.4) is 0 Å². The summed E-state index contributed by atoms with van der Waals surface area (Å²) in [5.74, 6) is 3.27. The smallest absolute Gasteiger partial charge is 0.111 e. The van der Waals surface area contributed by atoms with E-state index in [1.807, 2.05) is 12.1 Å². The molecule has 1 aliphatic rings. The number of benzene rings is 1. The van der Waals surface area contributed by atoms with Crippen molar-refractivity contribution in [2.45, 2.75) is 39.2 Å². The van der Waals surface area contributed by atoms with Crippen LogP contribution in [0.2, 0.25) is 5.02 Å². The standard InChI is InChI=1S/C16H20Cl2N2/c1-11-3-2-4-12(11)10-20-15-6-5-13(18)9-14(15)19-16(20)7-8-17/h5-6,9,11-12H,2-4,7-8,10H2,1H3. The molecule has 2 atom stereocenters. The van der Waals surface area contributed by atoms with Gasteiger partial charge in [-0.3, -0.25) is 0 Å². The summed E-state index contributed by atoms with van der Waals surface area (Å²) in [6.07, 6.45) is 4.85. The molecule has 2 aromatic rings. The van der Waals surface area contributed by atoms with Crippen molar-refractivity contribution in [3.05, 3.63) is 29.0 Å². The molecule has 0 radical (unpaired) electrons. The summed E-state index contributed by atoms with van der Waals surface area (Å²) < 4.78 is 2.36. The number of aromatic nitrogens is 2. The van der Waals surface area contributed by atoms with E-state index in [-0.39, 0.29) is 0 Å². The van der Waals surface area contributed by atoms with E-state index in [2.05, 4.69) is 17.6 Å². The third-order valence-corrected chi connectivity index (χ3v) is 4.99. The molecule has 20 heavy (non-hydrogen) atoms. The molecule has 0 amide bonds. The number of aryl methyl sites for hydroxylation is 1. The van der Waals surface area contributed by atoms with Gasteiger partial charge in [0.05, 0.1) is 11.0 Å². The Kier molecular flexibility index (Phi) is 4.23. The zero-order valence-electron chi connectivity index (χ0n) is 11.8. The lowest BCUT2D eigenvalue weighted by molar-refractivity contribution is 0.363. The highest BCUT2D eigenvalue weighted by Gasteiger charge is 2.25. The molecule has 0 aliphatic heterocycles. The highest BCUT2D eigenvalue weighted by Crippen LogP contribution is 2.34. The van der Waals surface area contributed by atoms with Crippen molar-refractivity contribution >= 4 is 34.2 Å². The Morgan fingerprint density at radius 3 is 2.90 bits per heavy atom. The first-order valence-electron chi connectivity index (χ1n) is 7.39. The van der Waals surface area contributed by atoms with E-state index in [4.69, 9.17) is 28.2 Å². The maximum absolute atomic E-state index is 6.08. The Morgan fingerprint density at radius 2 is 2.20 bits per heavy atom. The highest BCUT2D eigenvalue weighted by atomic mass is 35.5. The lowest BCUT2D eigenvalue weighted by Gasteiger charge is -2.18. The first kappa shape index (κ1) is 14.2. The Bertz CT molecular complexity index is 606. The summed E-state index contributed by atoms with van der Waals surface area (Å²) in [6, 6.07) is 5.98. The molecule has 1 fully saturated rings. The molecule has 1 heterocycles. The van der Waals surface area contributed by atoms with Crippen molar-refractivity contribution in [1.29, 1.82) is 0 Å². The number of hydrogen-bond donors (Lipinski definition) is 0. The molecule has 0 saturated heterocycles. The Hall–Kier alpha value is -0.730. The van der Waals surface area contributed by atoms with Gasteiger partial charge >= 0.3 is 0 Å². The van der Waals surface area contributed by atoms with Crippen LogP contribution in [0.25, 0.3) is 11.0 Å². The molecule has 0 bridgehead atoms. The lowest BCUT2D eigenvalue weighted by atomic mass is 9.98. The van der Waals surface area contributed by atoms with Gasteiger partial charge in [0.2, 0.25) is 0 Å². The monoisotopic (exact) mass is 310 g/mol. The van der Waals surface area contributed by atoms with Crippen molar-refractivity contribution in [2.24, 2.45) is 11.8 Å². The van der Waals surface area contributed by atoms with Crippen LogP contribution in [0.5, 0.6) is 0 Å². The molecule has 108 valence electrons. The highest BCUT2D eigenvalue weighted by molar-refractivity contribution is 6.31. The van der Waals surface area contributed by atoms with Gasteiger partial charge in [0.25, 0.3) is 0 Å². The number of hydrogen-bond acceptors (Lipinski definition) is 1. The number of nitrogens with zero attached hydrogens (tertiary/aromatic N) is 2. The van der Waals surface area contributed by atoms with Crippen LogP contribution in [0.4, 0.5) is 0 Å². The number of fused-ring (bicyclic) bond motifs is 1.